The van der Waals surface area contributed by atoms with Gasteiger partial charge in [0.05, 0.1) is 17.2 Å². The largest absolute Gasteiger partial charge is 0.356 e. The molecule has 26 heavy (non-hydrogen) atoms. The highest BCUT2D eigenvalue weighted by Crippen LogP contribution is 2.16. The number of nitrogens with one attached hydrogen (secondary N) is 2. The third-order valence-corrected chi connectivity index (χ3v) is 4.71. The normalized spacial score (nSPS) is 11.6. The van der Waals surface area contributed by atoms with Crippen LogP contribution in [0.5, 0.6) is 0 Å². The van der Waals surface area contributed by atoms with Gasteiger partial charge in [-0.1, -0.05) is 11.2 Å². The van der Waals surface area contributed by atoms with Gasteiger partial charge >= 0.3 is 0 Å². The molecule has 3 rings (SSSR count). The summed E-state index contributed by atoms with van der Waals surface area (Å²) in [5.74, 6) is 1.78. The Bertz CT molecular complexity index is 872. The molecule has 8 nitrogen and oxygen atoms in total. The fourth-order valence-electron chi connectivity index (χ4n) is 2.36. The summed E-state index contributed by atoms with van der Waals surface area (Å²) >= 11 is 1.69. The molecule has 136 valence electrons. The first-order valence-electron chi connectivity index (χ1n) is 8.27. The van der Waals surface area contributed by atoms with Gasteiger partial charge in [-0.2, -0.15) is 4.98 Å². The first kappa shape index (κ1) is 18.0. The number of thiazole rings is 1. The summed E-state index contributed by atoms with van der Waals surface area (Å²) in [7, 11) is 1.74. The third-order valence-electron chi connectivity index (χ3n) is 3.63. The molecule has 0 amide bonds. The van der Waals surface area contributed by atoms with Crippen LogP contribution >= 0.6 is 11.3 Å². The van der Waals surface area contributed by atoms with Crippen molar-refractivity contribution in [3.63, 3.8) is 0 Å². The van der Waals surface area contributed by atoms with Crippen LogP contribution in [0.3, 0.4) is 0 Å². The van der Waals surface area contributed by atoms with Crippen LogP contribution in [-0.4, -0.2) is 39.7 Å². The molecule has 0 fully saturated rings. The third kappa shape index (κ3) is 4.63. The van der Waals surface area contributed by atoms with Gasteiger partial charge in [0.25, 0.3) is 5.89 Å². The summed E-state index contributed by atoms with van der Waals surface area (Å²) in [4.78, 5) is 18.4. The molecule has 3 heterocycles. The van der Waals surface area contributed by atoms with E-state index in [0.29, 0.717) is 36.9 Å². The van der Waals surface area contributed by atoms with Crippen LogP contribution in [0.4, 0.5) is 0 Å². The lowest BCUT2D eigenvalue weighted by molar-refractivity contribution is 0.421. The van der Waals surface area contributed by atoms with Crippen molar-refractivity contribution >= 4 is 17.3 Å². The summed E-state index contributed by atoms with van der Waals surface area (Å²) in [6, 6.07) is 5.57. The molecule has 0 aliphatic rings. The second kappa shape index (κ2) is 8.52. The Morgan fingerprint density at radius 3 is 2.81 bits per heavy atom. The van der Waals surface area contributed by atoms with Crippen molar-refractivity contribution in [2.24, 2.45) is 4.99 Å². The number of guanidine groups is 1. The Balaban J connectivity index is 1.47. The summed E-state index contributed by atoms with van der Waals surface area (Å²) in [6.07, 6.45) is 2.32. The minimum Gasteiger partial charge on any atom is -0.356 e. The van der Waals surface area contributed by atoms with Gasteiger partial charge in [-0.3, -0.25) is 9.98 Å². The molecular formula is C17H21N7OS. The zero-order valence-corrected chi connectivity index (χ0v) is 15.8. The van der Waals surface area contributed by atoms with Gasteiger partial charge in [-0.15, -0.1) is 11.3 Å². The standard InChI is InChI=1S/C17H21N7OS/c1-11-14(26-12(2)22-11)10-21-17(18-3)20-9-7-15-23-16(25-24-15)13-6-4-5-8-19-13/h4-6,8H,7,9-10H2,1-3H3,(H2,18,20,21). The highest BCUT2D eigenvalue weighted by atomic mass is 32.1. The van der Waals surface area contributed by atoms with Gasteiger partial charge in [-0.05, 0) is 26.0 Å². The zero-order valence-electron chi connectivity index (χ0n) is 15.0. The van der Waals surface area contributed by atoms with Gasteiger partial charge in [0.15, 0.2) is 11.8 Å². The van der Waals surface area contributed by atoms with Gasteiger partial charge in [-0.25, -0.2) is 4.98 Å². The van der Waals surface area contributed by atoms with E-state index >= 15 is 0 Å². The number of rotatable bonds is 6. The second-order valence-electron chi connectivity index (χ2n) is 5.57. The van der Waals surface area contributed by atoms with Crippen molar-refractivity contribution in [3.05, 3.63) is 45.8 Å². The lowest BCUT2D eigenvalue weighted by Crippen LogP contribution is -2.37. The van der Waals surface area contributed by atoms with Gasteiger partial charge in [0, 0.05) is 31.1 Å². The van der Waals surface area contributed by atoms with Crippen LogP contribution in [0.25, 0.3) is 11.6 Å². The number of aromatic nitrogens is 4. The minimum absolute atomic E-state index is 0.430. The second-order valence-corrected chi connectivity index (χ2v) is 6.86. The maximum atomic E-state index is 5.25. The van der Waals surface area contributed by atoms with Crippen LogP contribution in [-0.2, 0) is 13.0 Å². The Labute approximate surface area is 155 Å². The summed E-state index contributed by atoms with van der Waals surface area (Å²) in [5, 5.41) is 11.6. The molecule has 0 saturated carbocycles. The number of aliphatic imine (C=N–C) groups is 1. The van der Waals surface area contributed by atoms with E-state index in [0.717, 1.165) is 16.7 Å². The average molecular weight is 371 g/mol. The molecule has 2 N–H and O–H groups in total. The van der Waals surface area contributed by atoms with Crippen molar-refractivity contribution in [2.75, 3.05) is 13.6 Å². The lowest BCUT2D eigenvalue weighted by Gasteiger charge is -2.10. The first-order chi connectivity index (χ1) is 12.7. The topological polar surface area (TPSA) is 101 Å². The smallest absolute Gasteiger partial charge is 0.276 e. The Morgan fingerprint density at radius 2 is 2.12 bits per heavy atom. The number of hydrogen-bond donors (Lipinski definition) is 2. The zero-order chi connectivity index (χ0) is 18.4. The van der Waals surface area contributed by atoms with Gasteiger partial charge in [0.1, 0.15) is 5.69 Å². The molecule has 9 heteroatoms. The van der Waals surface area contributed by atoms with E-state index in [2.05, 4.69) is 35.7 Å². The molecule has 3 aromatic rings. The van der Waals surface area contributed by atoms with Crippen LogP contribution < -0.4 is 10.6 Å². The number of aryl methyl sites for hydroxylation is 2. The number of pyridine rings is 1. The van der Waals surface area contributed by atoms with E-state index < -0.39 is 0 Å². The van der Waals surface area contributed by atoms with Crippen LogP contribution in [0.2, 0.25) is 0 Å². The van der Waals surface area contributed by atoms with Crippen LogP contribution in [0, 0.1) is 13.8 Å². The van der Waals surface area contributed by atoms with E-state index in [1.807, 2.05) is 32.0 Å². The monoisotopic (exact) mass is 371 g/mol. The Hall–Kier alpha value is -2.81. The molecule has 0 atom stereocenters. The van der Waals surface area contributed by atoms with Crippen molar-refractivity contribution < 1.29 is 4.52 Å². The Kier molecular flexibility index (Phi) is 5.90. The molecular weight excluding hydrogens is 350 g/mol. The molecule has 0 bridgehead atoms. The maximum absolute atomic E-state index is 5.25. The molecule has 3 aromatic heterocycles. The van der Waals surface area contributed by atoms with E-state index in [4.69, 9.17) is 4.52 Å². The highest BCUT2D eigenvalue weighted by molar-refractivity contribution is 7.11. The molecule has 0 aromatic carbocycles. The van der Waals surface area contributed by atoms with Gasteiger partial charge in [0.2, 0.25) is 0 Å². The van der Waals surface area contributed by atoms with Crippen molar-refractivity contribution in [2.45, 2.75) is 26.8 Å². The summed E-state index contributed by atoms with van der Waals surface area (Å²) in [5.41, 5.74) is 1.73. The SMILES string of the molecule is CN=C(NCCc1noc(-c2ccccn2)n1)NCc1sc(C)nc1C. The van der Waals surface area contributed by atoms with Gasteiger partial charge < -0.3 is 15.2 Å². The number of nitrogens with zero attached hydrogens (tertiary/aromatic N) is 5. The van der Waals surface area contributed by atoms with E-state index in [1.165, 1.54) is 4.88 Å². The Morgan fingerprint density at radius 1 is 1.23 bits per heavy atom. The van der Waals surface area contributed by atoms with Crippen LogP contribution in [0.1, 0.15) is 21.4 Å². The van der Waals surface area contributed by atoms with E-state index in [9.17, 15) is 0 Å². The van der Waals surface area contributed by atoms with E-state index in [-0.39, 0.29) is 0 Å². The lowest BCUT2D eigenvalue weighted by atomic mass is 10.3. The molecule has 0 radical (unpaired) electrons. The average Bonchev–Trinajstić information content (AvgIpc) is 3.25. The van der Waals surface area contributed by atoms with Crippen molar-refractivity contribution in [3.8, 4) is 11.6 Å². The molecule has 0 spiro atoms. The van der Waals surface area contributed by atoms with Crippen LogP contribution in [0.15, 0.2) is 33.9 Å². The predicted molar refractivity (Wildman–Crippen MR) is 101 cm³/mol. The highest BCUT2D eigenvalue weighted by Gasteiger charge is 2.10. The quantitative estimate of drug-likeness (QED) is 0.505. The molecule has 0 unspecified atom stereocenters. The van der Waals surface area contributed by atoms with Crippen molar-refractivity contribution in [1.82, 2.24) is 30.7 Å². The fraction of sp³-hybridized carbons (Fsp3) is 0.353. The maximum Gasteiger partial charge on any atom is 0.276 e. The fourth-order valence-corrected chi connectivity index (χ4v) is 3.24. The summed E-state index contributed by atoms with van der Waals surface area (Å²) < 4.78 is 5.25. The molecule has 0 aliphatic carbocycles. The van der Waals surface area contributed by atoms with Crippen molar-refractivity contribution in [1.29, 1.82) is 0 Å². The molecule has 0 saturated heterocycles. The predicted octanol–water partition coefficient (Wildman–Crippen LogP) is 2.11. The number of hydrogen-bond acceptors (Lipinski definition) is 7. The molecule has 0 aliphatic heterocycles. The van der Waals surface area contributed by atoms with E-state index in [1.54, 1.807) is 24.6 Å². The minimum atomic E-state index is 0.430. The first-order valence-corrected chi connectivity index (χ1v) is 9.08. The summed E-state index contributed by atoms with van der Waals surface area (Å²) in [6.45, 7) is 5.37.